The number of carboxylic acid groups (broad SMARTS) is 1. The SMILES string of the molecule is CCC(c1ccc2cccnc2n1)c1noc(C[C@H](NS(=O)(=O)c2ccccc2)C(=O)O)n1. The quantitative estimate of drug-likeness (QED) is 0.379. The Bertz CT molecular complexity index is 1370. The molecule has 4 rings (SSSR count). The molecule has 2 N–H and O–H groups in total. The molecule has 0 radical (unpaired) electrons. The molecule has 3 heterocycles. The third-order valence-electron chi connectivity index (χ3n) is 5.07. The first-order valence-electron chi connectivity index (χ1n) is 10.2. The highest BCUT2D eigenvalue weighted by Gasteiger charge is 2.29. The van der Waals surface area contributed by atoms with E-state index in [2.05, 4.69) is 24.8 Å². The van der Waals surface area contributed by atoms with Crippen LogP contribution in [0.3, 0.4) is 0 Å². The normalized spacial score (nSPS) is 13.6. The lowest BCUT2D eigenvalue weighted by molar-refractivity contribution is -0.139. The van der Waals surface area contributed by atoms with Crippen LogP contribution in [0.2, 0.25) is 0 Å². The molecular formula is C22H21N5O5S. The van der Waals surface area contributed by atoms with Gasteiger partial charge in [-0.25, -0.2) is 18.4 Å². The lowest BCUT2D eigenvalue weighted by Crippen LogP contribution is -2.42. The largest absolute Gasteiger partial charge is 0.480 e. The predicted octanol–water partition coefficient (Wildman–Crippen LogP) is 2.53. The zero-order valence-corrected chi connectivity index (χ0v) is 18.4. The number of aromatic nitrogens is 4. The van der Waals surface area contributed by atoms with Gasteiger partial charge in [-0.2, -0.15) is 9.71 Å². The summed E-state index contributed by atoms with van der Waals surface area (Å²) >= 11 is 0. The van der Waals surface area contributed by atoms with E-state index in [0.717, 1.165) is 5.39 Å². The minimum atomic E-state index is -4.04. The van der Waals surface area contributed by atoms with E-state index < -0.39 is 22.0 Å². The van der Waals surface area contributed by atoms with Gasteiger partial charge in [0, 0.05) is 11.6 Å². The molecule has 0 spiro atoms. The second-order valence-corrected chi connectivity index (χ2v) is 9.04. The van der Waals surface area contributed by atoms with Crippen LogP contribution in [0.5, 0.6) is 0 Å². The molecule has 0 aliphatic carbocycles. The number of aliphatic carboxylic acids is 1. The Hall–Kier alpha value is -3.70. The highest BCUT2D eigenvalue weighted by atomic mass is 32.2. The third-order valence-corrected chi connectivity index (χ3v) is 6.56. The van der Waals surface area contributed by atoms with Gasteiger partial charge in [-0.1, -0.05) is 30.3 Å². The van der Waals surface area contributed by atoms with Gasteiger partial charge in [-0.3, -0.25) is 4.79 Å². The van der Waals surface area contributed by atoms with Gasteiger partial charge in [0.25, 0.3) is 0 Å². The summed E-state index contributed by atoms with van der Waals surface area (Å²) < 4.78 is 32.5. The summed E-state index contributed by atoms with van der Waals surface area (Å²) in [5.74, 6) is -1.31. The summed E-state index contributed by atoms with van der Waals surface area (Å²) in [6.45, 7) is 1.94. The molecule has 170 valence electrons. The lowest BCUT2D eigenvalue weighted by atomic mass is 10.0. The number of fused-ring (bicyclic) bond motifs is 1. The van der Waals surface area contributed by atoms with Crippen molar-refractivity contribution in [3.05, 3.63) is 78.2 Å². The minimum Gasteiger partial charge on any atom is -0.480 e. The Kier molecular flexibility index (Phi) is 6.43. The average Bonchev–Trinajstić information content (AvgIpc) is 3.27. The monoisotopic (exact) mass is 467 g/mol. The van der Waals surface area contributed by atoms with Gasteiger partial charge < -0.3 is 9.63 Å². The van der Waals surface area contributed by atoms with Crippen molar-refractivity contribution in [2.45, 2.75) is 36.6 Å². The van der Waals surface area contributed by atoms with E-state index in [1.165, 1.54) is 12.1 Å². The highest BCUT2D eigenvalue weighted by molar-refractivity contribution is 7.89. The standard InChI is InChI=1S/C22H21N5O5S/c1-2-16(17-11-10-14-7-6-12-23-20(14)24-17)21-25-19(32-26-21)13-18(22(28)29)27-33(30,31)15-8-4-3-5-9-15/h3-12,16,18,27H,2,13H2,1H3,(H,28,29)/t16?,18-/m0/s1. The van der Waals surface area contributed by atoms with Gasteiger partial charge in [0.2, 0.25) is 15.9 Å². The molecule has 0 bridgehead atoms. The van der Waals surface area contributed by atoms with E-state index in [0.29, 0.717) is 23.6 Å². The average molecular weight is 468 g/mol. The van der Waals surface area contributed by atoms with Gasteiger partial charge in [-0.05, 0) is 42.8 Å². The van der Waals surface area contributed by atoms with Crippen LogP contribution >= 0.6 is 0 Å². The Morgan fingerprint density at radius 3 is 2.61 bits per heavy atom. The fraction of sp³-hybridized carbons (Fsp3) is 0.227. The molecule has 0 fully saturated rings. The molecule has 0 saturated carbocycles. The van der Waals surface area contributed by atoms with Crippen LogP contribution < -0.4 is 4.72 Å². The van der Waals surface area contributed by atoms with Crippen LogP contribution in [-0.4, -0.2) is 45.6 Å². The molecule has 0 amide bonds. The number of pyridine rings is 2. The van der Waals surface area contributed by atoms with Crippen LogP contribution in [0.25, 0.3) is 11.0 Å². The molecule has 3 aromatic heterocycles. The van der Waals surface area contributed by atoms with E-state index in [9.17, 15) is 18.3 Å². The van der Waals surface area contributed by atoms with Crippen molar-refractivity contribution in [3.63, 3.8) is 0 Å². The first kappa shape index (κ1) is 22.5. The van der Waals surface area contributed by atoms with Crippen molar-refractivity contribution in [1.29, 1.82) is 0 Å². The zero-order chi connectivity index (χ0) is 23.4. The first-order chi connectivity index (χ1) is 15.9. The summed E-state index contributed by atoms with van der Waals surface area (Å²) in [6.07, 6.45) is 1.97. The van der Waals surface area contributed by atoms with Crippen molar-refractivity contribution < 1.29 is 22.8 Å². The van der Waals surface area contributed by atoms with Crippen LogP contribution in [0, 0.1) is 0 Å². The van der Waals surface area contributed by atoms with Crippen molar-refractivity contribution in [2.24, 2.45) is 0 Å². The van der Waals surface area contributed by atoms with Crippen molar-refractivity contribution >= 4 is 27.0 Å². The Balaban J connectivity index is 1.54. The van der Waals surface area contributed by atoms with Gasteiger partial charge in [-0.15, -0.1) is 0 Å². The number of sulfonamides is 1. The molecule has 2 atom stereocenters. The fourth-order valence-corrected chi connectivity index (χ4v) is 4.60. The molecule has 0 aliphatic rings. The molecule has 10 nitrogen and oxygen atoms in total. The van der Waals surface area contributed by atoms with E-state index >= 15 is 0 Å². The lowest BCUT2D eigenvalue weighted by Gasteiger charge is -2.13. The predicted molar refractivity (Wildman–Crippen MR) is 118 cm³/mol. The van der Waals surface area contributed by atoms with Crippen LogP contribution in [0.15, 0.2) is 70.2 Å². The topological polar surface area (TPSA) is 148 Å². The van der Waals surface area contributed by atoms with Crippen molar-refractivity contribution in [3.8, 4) is 0 Å². The number of nitrogens with zero attached hydrogens (tertiary/aromatic N) is 4. The summed E-state index contributed by atoms with van der Waals surface area (Å²) in [5, 5.41) is 14.4. The van der Waals surface area contributed by atoms with E-state index in [-0.39, 0.29) is 23.1 Å². The number of hydrogen-bond acceptors (Lipinski definition) is 8. The second-order valence-electron chi connectivity index (χ2n) is 7.32. The highest BCUT2D eigenvalue weighted by Crippen LogP contribution is 2.26. The zero-order valence-electron chi connectivity index (χ0n) is 17.6. The smallest absolute Gasteiger partial charge is 0.322 e. The maximum Gasteiger partial charge on any atom is 0.322 e. The van der Waals surface area contributed by atoms with Gasteiger partial charge in [0.1, 0.15) is 6.04 Å². The number of hydrogen-bond donors (Lipinski definition) is 2. The van der Waals surface area contributed by atoms with Gasteiger partial charge >= 0.3 is 5.97 Å². The summed E-state index contributed by atoms with van der Waals surface area (Å²) in [6, 6.07) is 13.6. The van der Waals surface area contributed by atoms with Crippen LogP contribution in [0.1, 0.15) is 36.7 Å². The Labute approximate surface area is 189 Å². The van der Waals surface area contributed by atoms with E-state index in [4.69, 9.17) is 4.52 Å². The number of benzene rings is 1. The van der Waals surface area contributed by atoms with Crippen molar-refractivity contribution in [1.82, 2.24) is 24.8 Å². The molecule has 33 heavy (non-hydrogen) atoms. The Morgan fingerprint density at radius 1 is 1.09 bits per heavy atom. The maximum absolute atomic E-state index is 12.5. The first-order valence-corrected chi connectivity index (χ1v) is 11.7. The molecule has 0 saturated heterocycles. The van der Waals surface area contributed by atoms with Crippen molar-refractivity contribution in [2.75, 3.05) is 0 Å². The molecule has 0 aliphatic heterocycles. The molecular weight excluding hydrogens is 446 g/mol. The van der Waals surface area contributed by atoms with Crippen LogP contribution in [0.4, 0.5) is 0 Å². The molecule has 11 heteroatoms. The van der Waals surface area contributed by atoms with Gasteiger partial charge in [0.05, 0.1) is 22.9 Å². The van der Waals surface area contributed by atoms with E-state index in [1.807, 2.05) is 31.2 Å². The third kappa shape index (κ3) is 5.04. The summed E-state index contributed by atoms with van der Waals surface area (Å²) in [7, 11) is -4.04. The second kappa shape index (κ2) is 9.43. The summed E-state index contributed by atoms with van der Waals surface area (Å²) in [5.41, 5.74) is 1.30. The summed E-state index contributed by atoms with van der Waals surface area (Å²) in [4.78, 5) is 24.9. The number of carbonyl (C=O) groups is 1. The van der Waals surface area contributed by atoms with E-state index in [1.54, 1.807) is 24.4 Å². The molecule has 4 aromatic rings. The number of carboxylic acids is 1. The van der Waals surface area contributed by atoms with Crippen LogP contribution in [-0.2, 0) is 21.2 Å². The maximum atomic E-state index is 12.5. The number of nitrogens with one attached hydrogen (secondary N) is 1. The minimum absolute atomic E-state index is 0.00512. The molecule has 1 aromatic carbocycles. The van der Waals surface area contributed by atoms with Gasteiger partial charge in [0.15, 0.2) is 11.5 Å². The molecule has 1 unspecified atom stereocenters. The fourth-order valence-electron chi connectivity index (χ4n) is 3.39. The number of rotatable bonds is 9. The Morgan fingerprint density at radius 2 is 1.88 bits per heavy atom.